The number of primary amides is 1. The van der Waals surface area contributed by atoms with Crippen LogP contribution < -0.4 is 16.0 Å². The standard InChI is InChI=1S/C18H16F3N3O4S/c19-18(20,21)29(27,28)13-7-6-12-8-14(23-17(22)26)16(25)24(15(12)9-13)10-11-4-2-1-3-5-11/h1-7,9,14H,8,10H2,(H3,22,23,26)/t14-/m1/s1. The molecular weight excluding hydrogens is 411 g/mol. The van der Waals surface area contributed by atoms with Gasteiger partial charge in [-0.2, -0.15) is 13.2 Å². The minimum atomic E-state index is -5.58. The molecule has 1 aliphatic rings. The summed E-state index contributed by atoms with van der Waals surface area (Å²) in [7, 11) is -5.58. The quantitative estimate of drug-likeness (QED) is 0.779. The van der Waals surface area contributed by atoms with E-state index in [1.807, 2.05) is 0 Å². The van der Waals surface area contributed by atoms with Crippen LogP contribution in [0.25, 0.3) is 0 Å². The molecule has 0 aromatic heterocycles. The molecule has 154 valence electrons. The predicted octanol–water partition coefficient (Wildman–Crippen LogP) is 2.11. The van der Waals surface area contributed by atoms with E-state index in [1.165, 1.54) is 6.07 Å². The summed E-state index contributed by atoms with van der Waals surface area (Å²) >= 11 is 0. The number of amides is 3. The number of nitrogens with two attached hydrogens (primary N) is 1. The molecule has 0 aliphatic carbocycles. The molecule has 0 unspecified atom stereocenters. The number of benzene rings is 2. The molecule has 7 nitrogen and oxygen atoms in total. The minimum Gasteiger partial charge on any atom is -0.352 e. The van der Waals surface area contributed by atoms with Gasteiger partial charge in [-0.15, -0.1) is 0 Å². The highest BCUT2D eigenvalue weighted by molar-refractivity contribution is 7.92. The molecule has 11 heteroatoms. The van der Waals surface area contributed by atoms with Crippen molar-refractivity contribution in [3.63, 3.8) is 0 Å². The summed E-state index contributed by atoms with van der Waals surface area (Å²) in [4.78, 5) is 24.3. The lowest BCUT2D eigenvalue weighted by Gasteiger charge is -2.34. The van der Waals surface area contributed by atoms with E-state index >= 15 is 0 Å². The summed E-state index contributed by atoms with van der Waals surface area (Å²) in [6, 6.07) is 9.51. The van der Waals surface area contributed by atoms with Crippen molar-refractivity contribution in [3.05, 3.63) is 59.7 Å². The Hall–Kier alpha value is -3.08. The predicted molar refractivity (Wildman–Crippen MR) is 97.5 cm³/mol. The van der Waals surface area contributed by atoms with E-state index in [0.29, 0.717) is 11.1 Å². The Morgan fingerprint density at radius 3 is 2.41 bits per heavy atom. The van der Waals surface area contributed by atoms with E-state index in [0.717, 1.165) is 17.0 Å². The second kappa shape index (κ2) is 7.39. The first-order valence-electron chi connectivity index (χ1n) is 8.36. The van der Waals surface area contributed by atoms with Gasteiger partial charge in [0.05, 0.1) is 11.4 Å². The second-order valence-corrected chi connectivity index (χ2v) is 8.36. The van der Waals surface area contributed by atoms with Gasteiger partial charge in [0.2, 0.25) is 5.91 Å². The minimum absolute atomic E-state index is 0.0286. The van der Waals surface area contributed by atoms with Gasteiger partial charge in [0.1, 0.15) is 6.04 Å². The van der Waals surface area contributed by atoms with E-state index in [2.05, 4.69) is 5.32 Å². The molecule has 1 heterocycles. The van der Waals surface area contributed by atoms with Crippen molar-refractivity contribution in [1.29, 1.82) is 0 Å². The summed E-state index contributed by atoms with van der Waals surface area (Å²) in [5, 5.41) is 2.31. The Balaban J connectivity index is 2.09. The highest BCUT2D eigenvalue weighted by Crippen LogP contribution is 2.36. The maximum absolute atomic E-state index is 12.9. The van der Waals surface area contributed by atoms with Crippen molar-refractivity contribution >= 4 is 27.5 Å². The molecule has 2 aromatic carbocycles. The first-order chi connectivity index (χ1) is 13.5. The molecule has 0 spiro atoms. The van der Waals surface area contributed by atoms with Gasteiger partial charge >= 0.3 is 11.5 Å². The van der Waals surface area contributed by atoms with Crippen molar-refractivity contribution in [2.24, 2.45) is 5.73 Å². The van der Waals surface area contributed by atoms with E-state index in [-0.39, 0.29) is 18.7 Å². The fourth-order valence-electron chi connectivity index (χ4n) is 3.10. The van der Waals surface area contributed by atoms with Crippen molar-refractivity contribution in [3.8, 4) is 0 Å². The van der Waals surface area contributed by atoms with Gasteiger partial charge < -0.3 is 16.0 Å². The normalized spacial score (nSPS) is 17.0. The van der Waals surface area contributed by atoms with Crippen molar-refractivity contribution < 1.29 is 31.2 Å². The highest BCUT2D eigenvalue weighted by atomic mass is 32.2. The Bertz CT molecular complexity index is 1060. The third kappa shape index (κ3) is 4.04. The molecule has 0 bridgehead atoms. The molecule has 3 N–H and O–H groups in total. The number of anilines is 1. The number of fused-ring (bicyclic) bond motifs is 1. The summed E-state index contributed by atoms with van der Waals surface area (Å²) in [5.41, 5.74) is 0.735. The third-order valence-electron chi connectivity index (χ3n) is 4.45. The van der Waals surface area contributed by atoms with Gasteiger partial charge in [-0.25, -0.2) is 13.2 Å². The Morgan fingerprint density at radius 1 is 1.17 bits per heavy atom. The van der Waals surface area contributed by atoms with Crippen LogP contribution in [0.4, 0.5) is 23.7 Å². The largest absolute Gasteiger partial charge is 0.501 e. The third-order valence-corrected chi connectivity index (χ3v) is 5.93. The number of rotatable bonds is 4. The van der Waals surface area contributed by atoms with E-state index < -0.39 is 38.2 Å². The average molecular weight is 427 g/mol. The molecule has 3 rings (SSSR count). The van der Waals surface area contributed by atoms with Crippen molar-refractivity contribution in [1.82, 2.24) is 5.32 Å². The zero-order valence-corrected chi connectivity index (χ0v) is 15.6. The van der Waals surface area contributed by atoms with E-state index in [4.69, 9.17) is 5.73 Å². The number of sulfone groups is 1. The zero-order valence-electron chi connectivity index (χ0n) is 14.8. The van der Waals surface area contributed by atoms with Gasteiger partial charge in [0.15, 0.2) is 0 Å². The fraction of sp³-hybridized carbons (Fsp3) is 0.222. The Labute approximate surface area is 164 Å². The molecule has 0 saturated heterocycles. The number of hydrogen-bond acceptors (Lipinski definition) is 4. The van der Waals surface area contributed by atoms with Crippen molar-refractivity contribution in [2.75, 3.05) is 4.90 Å². The molecular formula is C18H16F3N3O4S. The molecule has 0 radical (unpaired) electrons. The summed E-state index contributed by atoms with van der Waals surface area (Å²) < 4.78 is 62.4. The summed E-state index contributed by atoms with van der Waals surface area (Å²) in [5.74, 6) is -0.610. The van der Waals surface area contributed by atoms with Crippen LogP contribution in [-0.2, 0) is 27.6 Å². The smallest absolute Gasteiger partial charge is 0.352 e. The van der Waals surface area contributed by atoms with E-state index in [9.17, 15) is 31.2 Å². The van der Waals surface area contributed by atoms with Crippen molar-refractivity contribution in [2.45, 2.75) is 29.4 Å². The first kappa shape index (κ1) is 20.6. The molecule has 0 saturated carbocycles. The fourth-order valence-corrected chi connectivity index (χ4v) is 3.88. The van der Waals surface area contributed by atoms with Crippen LogP contribution in [0.3, 0.4) is 0 Å². The molecule has 29 heavy (non-hydrogen) atoms. The first-order valence-corrected chi connectivity index (χ1v) is 9.84. The maximum atomic E-state index is 12.9. The van der Waals surface area contributed by atoms with Crippen LogP contribution in [0.2, 0.25) is 0 Å². The van der Waals surface area contributed by atoms with Gasteiger partial charge in [-0.3, -0.25) is 4.79 Å². The lowest BCUT2D eigenvalue weighted by Crippen LogP contribution is -2.53. The number of hydrogen-bond donors (Lipinski definition) is 2. The molecule has 2 aromatic rings. The van der Waals surface area contributed by atoms with Crippen LogP contribution in [-0.4, -0.2) is 31.9 Å². The maximum Gasteiger partial charge on any atom is 0.501 e. The van der Waals surface area contributed by atoms with Gasteiger partial charge in [0.25, 0.3) is 9.84 Å². The van der Waals surface area contributed by atoms with Crippen LogP contribution in [0, 0.1) is 0 Å². The molecule has 1 aliphatic heterocycles. The van der Waals surface area contributed by atoms with Gasteiger partial charge in [0, 0.05) is 12.1 Å². The SMILES string of the molecule is NC(=O)N[C@@H]1Cc2ccc(S(=O)(=O)C(F)(F)F)cc2N(Cc2ccccc2)C1=O. The molecule has 1 atom stereocenters. The van der Waals surface area contributed by atoms with Gasteiger partial charge in [-0.1, -0.05) is 36.4 Å². The number of carbonyl (C=O) groups excluding carboxylic acids is 2. The Kier molecular flexibility index (Phi) is 5.26. The number of halogens is 3. The number of nitrogens with one attached hydrogen (secondary N) is 1. The molecule has 0 fully saturated rings. The average Bonchev–Trinajstić information content (AvgIpc) is 2.64. The number of carbonyl (C=O) groups is 2. The zero-order chi connectivity index (χ0) is 21.4. The summed E-state index contributed by atoms with van der Waals surface area (Å²) in [6.07, 6.45) is -0.0330. The summed E-state index contributed by atoms with van der Waals surface area (Å²) in [6.45, 7) is -0.0286. The number of urea groups is 1. The number of alkyl halides is 3. The van der Waals surface area contributed by atoms with Crippen LogP contribution in [0.5, 0.6) is 0 Å². The number of nitrogens with zero attached hydrogens (tertiary/aromatic N) is 1. The van der Waals surface area contributed by atoms with Crippen LogP contribution >= 0.6 is 0 Å². The second-order valence-electron chi connectivity index (χ2n) is 6.41. The monoisotopic (exact) mass is 427 g/mol. The lowest BCUT2D eigenvalue weighted by atomic mass is 9.96. The van der Waals surface area contributed by atoms with Crippen LogP contribution in [0.1, 0.15) is 11.1 Å². The lowest BCUT2D eigenvalue weighted by molar-refractivity contribution is -0.120. The Morgan fingerprint density at radius 2 is 1.83 bits per heavy atom. The van der Waals surface area contributed by atoms with Gasteiger partial charge in [-0.05, 0) is 23.3 Å². The van der Waals surface area contributed by atoms with Crippen LogP contribution in [0.15, 0.2) is 53.4 Å². The molecule has 3 amide bonds. The topological polar surface area (TPSA) is 110 Å². The highest BCUT2D eigenvalue weighted by Gasteiger charge is 2.47. The van der Waals surface area contributed by atoms with E-state index in [1.54, 1.807) is 30.3 Å².